The first-order chi connectivity index (χ1) is 15.1. The number of aromatic nitrogens is 4. The standard InChI is InChI=1S/C22H19N5O3S/c1-30-19-7-5-17(6-8-19)27-21(15-9-11-23-12-10-15)25-26-22(27)31-14-20(29)24-16-3-2-4-18(28)13-16/h2-13,28H,14H2,1H3,(H,24,29). The number of anilines is 1. The summed E-state index contributed by atoms with van der Waals surface area (Å²) < 4.78 is 7.14. The Bertz CT molecular complexity index is 1180. The molecule has 2 heterocycles. The van der Waals surface area contributed by atoms with Crippen LogP contribution in [0, 0.1) is 0 Å². The molecular weight excluding hydrogens is 414 g/mol. The maximum atomic E-state index is 12.4. The number of amides is 1. The molecule has 0 aliphatic carbocycles. The van der Waals surface area contributed by atoms with Crippen molar-refractivity contribution in [2.45, 2.75) is 5.16 Å². The molecule has 1 amide bonds. The van der Waals surface area contributed by atoms with Gasteiger partial charge in [0.05, 0.1) is 12.9 Å². The van der Waals surface area contributed by atoms with Crippen LogP contribution in [0.1, 0.15) is 0 Å². The molecule has 2 aromatic carbocycles. The number of aromatic hydroxyl groups is 1. The lowest BCUT2D eigenvalue weighted by atomic mass is 10.2. The third kappa shape index (κ3) is 4.84. The fourth-order valence-corrected chi connectivity index (χ4v) is 3.68. The van der Waals surface area contributed by atoms with Gasteiger partial charge in [-0.15, -0.1) is 10.2 Å². The molecule has 0 spiro atoms. The predicted octanol–water partition coefficient (Wildman–Crippen LogP) is 3.77. The van der Waals surface area contributed by atoms with Crippen molar-refractivity contribution in [1.82, 2.24) is 19.7 Å². The molecule has 2 aromatic heterocycles. The molecule has 0 saturated heterocycles. The van der Waals surface area contributed by atoms with Gasteiger partial charge in [0.1, 0.15) is 11.5 Å². The van der Waals surface area contributed by atoms with E-state index >= 15 is 0 Å². The van der Waals surface area contributed by atoms with Crippen LogP contribution in [-0.4, -0.2) is 43.6 Å². The molecule has 4 aromatic rings. The number of carbonyl (C=O) groups is 1. The minimum Gasteiger partial charge on any atom is -0.508 e. The highest BCUT2D eigenvalue weighted by Gasteiger charge is 2.17. The number of methoxy groups -OCH3 is 1. The van der Waals surface area contributed by atoms with E-state index in [9.17, 15) is 9.90 Å². The first-order valence-corrected chi connectivity index (χ1v) is 10.3. The number of phenolic OH excluding ortho intramolecular Hbond substituents is 1. The highest BCUT2D eigenvalue weighted by Crippen LogP contribution is 2.29. The first-order valence-electron chi connectivity index (χ1n) is 9.36. The second-order valence-corrected chi connectivity index (χ2v) is 7.41. The van der Waals surface area contributed by atoms with E-state index in [4.69, 9.17) is 4.74 Å². The molecule has 0 aliphatic rings. The van der Waals surface area contributed by atoms with Gasteiger partial charge in [-0.2, -0.15) is 0 Å². The van der Waals surface area contributed by atoms with Gasteiger partial charge in [-0.25, -0.2) is 0 Å². The summed E-state index contributed by atoms with van der Waals surface area (Å²) >= 11 is 1.27. The molecule has 0 radical (unpaired) electrons. The zero-order chi connectivity index (χ0) is 21.6. The van der Waals surface area contributed by atoms with Crippen molar-refractivity contribution in [1.29, 1.82) is 0 Å². The number of pyridine rings is 1. The lowest BCUT2D eigenvalue weighted by Gasteiger charge is -2.11. The second-order valence-electron chi connectivity index (χ2n) is 6.46. The van der Waals surface area contributed by atoms with Gasteiger partial charge < -0.3 is 15.2 Å². The Morgan fingerprint density at radius 2 is 1.87 bits per heavy atom. The second kappa shape index (κ2) is 9.31. The van der Waals surface area contributed by atoms with Gasteiger partial charge in [-0.3, -0.25) is 14.3 Å². The normalized spacial score (nSPS) is 10.6. The summed E-state index contributed by atoms with van der Waals surface area (Å²) in [5.74, 6) is 1.38. The Kier molecular flexibility index (Phi) is 6.13. The monoisotopic (exact) mass is 433 g/mol. The number of nitrogens with zero attached hydrogens (tertiary/aromatic N) is 4. The third-order valence-electron chi connectivity index (χ3n) is 4.36. The highest BCUT2D eigenvalue weighted by molar-refractivity contribution is 7.99. The Morgan fingerprint density at radius 1 is 1.10 bits per heavy atom. The predicted molar refractivity (Wildman–Crippen MR) is 119 cm³/mol. The van der Waals surface area contributed by atoms with E-state index in [1.54, 1.807) is 37.7 Å². The number of phenols is 1. The molecule has 4 rings (SSSR count). The molecule has 9 heteroatoms. The van der Waals surface area contributed by atoms with E-state index in [1.165, 1.54) is 17.8 Å². The summed E-state index contributed by atoms with van der Waals surface area (Å²) in [7, 11) is 1.61. The van der Waals surface area contributed by atoms with E-state index in [-0.39, 0.29) is 17.4 Å². The van der Waals surface area contributed by atoms with Crippen LogP contribution >= 0.6 is 11.8 Å². The van der Waals surface area contributed by atoms with E-state index in [0.29, 0.717) is 16.7 Å². The molecule has 0 bridgehead atoms. The van der Waals surface area contributed by atoms with Crippen molar-refractivity contribution < 1.29 is 14.6 Å². The number of nitrogens with one attached hydrogen (secondary N) is 1. The molecule has 0 unspecified atom stereocenters. The van der Waals surface area contributed by atoms with Gasteiger partial charge in [-0.05, 0) is 48.5 Å². The van der Waals surface area contributed by atoms with Crippen LogP contribution in [0.15, 0.2) is 78.2 Å². The number of benzene rings is 2. The lowest BCUT2D eigenvalue weighted by Crippen LogP contribution is -2.14. The van der Waals surface area contributed by atoms with Crippen molar-refractivity contribution in [3.05, 3.63) is 73.1 Å². The molecule has 0 saturated carbocycles. The van der Waals surface area contributed by atoms with Crippen molar-refractivity contribution in [3.63, 3.8) is 0 Å². The molecule has 31 heavy (non-hydrogen) atoms. The van der Waals surface area contributed by atoms with Crippen LogP contribution in [0.4, 0.5) is 5.69 Å². The van der Waals surface area contributed by atoms with E-state index in [2.05, 4.69) is 20.5 Å². The zero-order valence-electron chi connectivity index (χ0n) is 16.6. The Labute approximate surface area is 182 Å². The van der Waals surface area contributed by atoms with Gasteiger partial charge >= 0.3 is 0 Å². The van der Waals surface area contributed by atoms with Gasteiger partial charge in [0.15, 0.2) is 11.0 Å². The van der Waals surface area contributed by atoms with Gasteiger partial charge in [-0.1, -0.05) is 17.8 Å². The van der Waals surface area contributed by atoms with Crippen molar-refractivity contribution in [3.8, 4) is 28.6 Å². The van der Waals surface area contributed by atoms with Crippen molar-refractivity contribution in [2.24, 2.45) is 0 Å². The minimum atomic E-state index is -0.217. The highest BCUT2D eigenvalue weighted by atomic mass is 32.2. The summed E-state index contributed by atoms with van der Waals surface area (Å²) in [5.41, 5.74) is 2.22. The molecule has 0 atom stereocenters. The topological polar surface area (TPSA) is 102 Å². The average molecular weight is 433 g/mol. The average Bonchev–Trinajstić information content (AvgIpc) is 3.22. The lowest BCUT2D eigenvalue weighted by molar-refractivity contribution is -0.113. The molecule has 8 nitrogen and oxygen atoms in total. The Hall–Kier alpha value is -3.85. The molecule has 2 N–H and O–H groups in total. The molecule has 0 aliphatic heterocycles. The number of hydrogen-bond donors (Lipinski definition) is 2. The van der Waals surface area contributed by atoms with E-state index in [1.807, 2.05) is 41.0 Å². The Balaban J connectivity index is 1.59. The summed E-state index contributed by atoms with van der Waals surface area (Å²) in [6.45, 7) is 0. The van der Waals surface area contributed by atoms with Gasteiger partial charge in [0.25, 0.3) is 0 Å². The summed E-state index contributed by atoms with van der Waals surface area (Å²) in [6.07, 6.45) is 3.38. The fraction of sp³-hybridized carbons (Fsp3) is 0.0909. The number of hydrogen-bond acceptors (Lipinski definition) is 7. The fourth-order valence-electron chi connectivity index (χ4n) is 2.93. The molecule has 0 fully saturated rings. The van der Waals surface area contributed by atoms with Crippen LogP contribution in [0.5, 0.6) is 11.5 Å². The molecular formula is C22H19N5O3S. The Morgan fingerprint density at radius 3 is 2.58 bits per heavy atom. The zero-order valence-corrected chi connectivity index (χ0v) is 17.4. The number of thioether (sulfide) groups is 1. The maximum Gasteiger partial charge on any atom is 0.234 e. The van der Waals surface area contributed by atoms with Crippen molar-refractivity contribution in [2.75, 3.05) is 18.2 Å². The van der Waals surface area contributed by atoms with E-state index < -0.39 is 0 Å². The number of ether oxygens (including phenoxy) is 1. The van der Waals surface area contributed by atoms with Crippen molar-refractivity contribution >= 4 is 23.4 Å². The first kappa shape index (κ1) is 20.4. The van der Waals surface area contributed by atoms with Gasteiger partial charge in [0, 0.05) is 35.4 Å². The van der Waals surface area contributed by atoms with Crippen LogP contribution in [0.25, 0.3) is 17.1 Å². The van der Waals surface area contributed by atoms with E-state index in [0.717, 1.165) is 17.0 Å². The maximum absolute atomic E-state index is 12.4. The third-order valence-corrected chi connectivity index (χ3v) is 5.29. The molecule has 156 valence electrons. The summed E-state index contributed by atoms with van der Waals surface area (Å²) in [4.78, 5) is 16.5. The van der Waals surface area contributed by atoms with Crippen LogP contribution in [-0.2, 0) is 4.79 Å². The van der Waals surface area contributed by atoms with Crippen LogP contribution in [0.2, 0.25) is 0 Å². The summed E-state index contributed by atoms with van der Waals surface area (Å²) in [6, 6.07) is 17.6. The SMILES string of the molecule is COc1ccc(-n2c(SCC(=O)Nc3cccc(O)c3)nnc2-c2ccncc2)cc1. The largest absolute Gasteiger partial charge is 0.508 e. The minimum absolute atomic E-state index is 0.0895. The number of rotatable bonds is 7. The van der Waals surface area contributed by atoms with Crippen LogP contribution in [0.3, 0.4) is 0 Å². The number of carbonyl (C=O) groups excluding carboxylic acids is 1. The van der Waals surface area contributed by atoms with Crippen LogP contribution < -0.4 is 10.1 Å². The summed E-state index contributed by atoms with van der Waals surface area (Å²) in [5, 5.41) is 21.5. The van der Waals surface area contributed by atoms with Gasteiger partial charge in [0.2, 0.25) is 5.91 Å². The smallest absolute Gasteiger partial charge is 0.234 e. The quantitative estimate of drug-likeness (QED) is 0.428.